The molecule has 0 atom stereocenters. The van der Waals surface area contributed by atoms with Crippen molar-refractivity contribution in [2.45, 2.75) is 26.2 Å². The molecule has 0 amide bonds. The minimum Gasteiger partial charge on any atom is -0.367 e. The number of aromatic amines is 1. The van der Waals surface area contributed by atoms with E-state index in [9.17, 15) is 0 Å². The van der Waals surface area contributed by atoms with Gasteiger partial charge in [-0.15, -0.1) is 0 Å². The van der Waals surface area contributed by atoms with Crippen molar-refractivity contribution in [2.75, 3.05) is 0 Å². The van der Waals surface area contributed by atoms with Crippen LogP contribution in [0.1, 0.15) is 27.8 Å². The second-order valence-corrected chi connectivity index (χ2v) is 5.92. The zero-order valence-electron chi connectivity index (χ0n) is 12.3. The maximum atomic E-state index is 3.16. The molecule has 1 aromatic heterocycles. The molecule has 0 saturated heterocycles. The Balaban J connectivity index is 1.82. The number of aromatic nitrogens is 1. The van der Waals surface area contributed by atoms with E-state index in [4.69, 9.17) is 0 Å². The summed E-state index contributed by atoms with van der Waals surface area (Å²) in [4.78, 5) is 3.16. The number of hydrogen-bond donors (Lipinski definition) is 1. The zero-order chi connectivity index (χ0) is 14.2. The van der Waals surface area contributed by atoms with Crippen LogP contribution in [0.4, 0.5) is 0 Å². The number of nitrogens with one attached hydrogen (secondary N) is 1. The highest BCUT2D eigenvalue weighted by molar-refractivity contribution is 5.69. The molecule has 1 heteroatoms. The van der Waals surface area contributed by atoms with E-state index in [1.807, 2.05) is 6.20 Å². The van der Waals surface area contributed by atoms with Gasteiger partial charge in [0.05, 0.1) is 0 Å². The predicted octanol–water partition coefficient (Wildman–Crippen LogP) is 4.68. The lowest BCUT2D eigenvalue weighted by Crippen LogP contribution is -1.98. The Labute approximate surface area is 125 Å². The smallest absolute Gasteiger partial charge is 0.00842 e. The van der Waals surface area contributed by atoms with Crippen LogP contribution in [0.15, 0.2) is 54.9 Å². The fourth-order valence-corrected chi connectivity index (χ4v) is 3.57. The number of rotatable bonds is 1. The Morgan fingerprint density at radius 3 is 2.52 bits per heavy atom. The van der Waals surface area contributed by atoms with E-state index < -0.39 is 0 Å². The van der Waals surface area contributed by atoms with E-state index in [1.165, 1.54) is 33.4 Å². The molecule has 1 aliphatic rings. The highest BCUT2D eigenvalue weighted by Gasteiger charge is 2.16. The molecule has 1 N–H and O–H groups in total. The molecular weight excluding hydrogens is 254 g/mol. The first-order chi connectivity index (χ1) is 10.3. The molecule has 0 radical (unpaired) electrons. The SMILES string of the molecule is Cc1c(-c2cc[nH]c2)ccc2c1CCc1ccccc1C2. The lowest BCUT2D eigenvalue weighted by molar-refractivity contribution is 0.954. The first-order valence-electron chi connectivity index (χ1n) is 7.64. The average molecular weight is 273 g/mol. The van der Waals surface area contributed by atoms with Crippen LogP contribution < -0.4 is 0 Å². The van der Waals surface area contributed by atoms with E-state index in [1.54, 1.807) is 5.56 Å². The molecule has 1 nitrogen and oxygen atoms in total. The number of H-pyrrole nitrogens is 1. The maximum Gasteiger partial charge on any atom is 0.00842 e. The summed E-state index contributed by atoms with van der Waals surface area (Å²) >= 11 is 0. The molecule has 0 aliphatic heterocycles. The maximum absolute atomic E-state index is 3.16. The lowest BCUT2D eigenvalue weighted by Gasteiger charge is -2.13. The molecule has 21 heavy (non-hydrogen) atoms. The van der Waals surface area contributed by atoms with Crippen LogP contribution in [0.25, 0.3) is 11.1 Å². The zero-order valence-corrected chi connectivity index (χ0v) is 12.3. The Kier molecular flexibility index (Phi) is 2.92. The highest BCUT2D eigenvalue weighted by atomic mass is 14.6. The van der Waals surface area contributed by atoms with Gasteiger partial charge < -0.3 is 4.98 Å². The summed E-state index contributed by atoms with van der Waals surface area (Å²) < 4.78 is 0. The van der Waals surface area contributed by atoms with Crippen molar-refractivity contribution in [3.05, 3.63) is 82.7 Å². The summed E-state index contributed by atoms with van der Waals surface area (Å²) in [5, 5.41) is 0. The molecule has 1 aliphatic carbocycles. The van der Waals surface area contributed by atoms with E-state index >= 15 is 0 Å². The van der Waals surface area contributed by atoms with Gasteiger partial charge in [-0.2, -0.15) is 0 Å². The van der Waals surface area contributed by atoms with Crippen molar-refractivity contribution < 1.29 is 0 Å². The summed E-state index contributed by atoms with van der Waals surface area (Å²) in [6, 6.07) is 15.6. The minimum absolute atomic E-state index is 1.07. The van der Waals surface area contributed by atoms with Crippen molar-refractivity contribution in [2.24, 2.45) is 0 Å². The molecule has 104 valence electrons. The Morgan fingerprint density at radius 2 is 1.71 bits per heavy atom. The fraction of sp³-hybridized carbons (Fsp3) is 0.200. The number of aryl methyl sites for hydroxylation is 1. The third kappa shape index (κ3) is 2.09. The summed E-state index contributed by atoms with van der Waals surface area (Å²) in [5.74, 6) is 0. The molecule has 3 aromatic rings. The van der Waals surface area contributed by atoms with Crippen LogP contribution >= 0.6 is 0 Å². The molecule has 4 rings (SSSR count). The molecular formula is C20H19N. The first-order valence-corrected chi connectivity index (χ1v) is 7.64. The van der Waals surface area contributed by atoms with Gasteiger partial charge in [0, 0.05) is 12.4 Å². The van der Waals surface area contributed by atoms with Gasteiger partial charge in [-0.1, -0.05) is 36.4 Å². The van der Waals surface area contributed by atoms with Crippen molar-refractivity contribution in [3.63, 3.8) is 0 Å². The number of fused-ring (bicyclic) bond motifs is 2. The van der Waals surface area contributed by atoms with Gasteiger partial charge in [0.2, 0.25) is 0 Å². The van der Waals surface area contributed by atoms with Crippen LogP contribution in [0, 0.1) is 6.92 Å². The normalized spacial score (nSPS) is 13.4. The molecule has 0 saturated carbocycles. The van der Waals surface area contributed by atoms with Crippen LogP contribution in [-0.2, 0) is 19.3 Å². The summed E-state index contributed by atoms with van der Waals surface area (Å²) in [7, 11) is 0. The van der Waals surface area contributed by atoms with Gasteiger partial charge in [0.25, 0.3) is 0 Å². The first kappa shape index (κ1) is 12.5. The van der Waals surface area contributed by atoms with Gasteiger partial charge in [-0.05, 0) is 71.2 Å². The molecule has 0 spiro atoms. The number of hydrogen-bond acceptors (Lipinski definition) is 0. The van der Waals surface area contributed by atoms with Crippen molar-refractivity contribution in [1.82, 2.24) is 4.98 Å². The van der Waals surface area contributed by atoms with Gasteiger partial charge in [-0.3, -0.25) is 0 Å². The lowest BCUT2D eigenvalue weighted by atomic mass is 9.91. The van der Waals surface area contributed by atoms with Crippen molar-refractivity contribution >= 4 is 0 Å². The van der Waals surface area contributed by atoms with Gasteiger partial charge in [0.15, 0.2) is 0 Å². The van der Waals surface area contributed by atoms with E-state index in [0.717, 1.165) is 19.3 Å². The second-order valence-electron chi connectivity index (χ2n) is 5.92. The van der Waals surface area contributed by atoms with Gasteiger partial charge >= 0.3 is 0 Å². The minimum atomic E-state index is 1.07. The van der Waals surface area contributed by atoms with Crippen molar-refractivity contribution in [1.29, 1.82) is 0 Å². The Morgan fingerprint density at radius 1 is 0.857 bits per heavy atom. The van der Waals surface area contributed by atoms with E-state index in [2.05, 4.69) is 60.6 Å². The molecule has 0 bridgehead atoms. The van der Waals surface area contributed by atoms with Gasteiger partial charge in [-0.25, -0.2) is 0 Å². The van der Waals surface area contributed by atoms with Crippen LogP contribution in [0.2, 0.25) is 0 Å². The van der Waals surface area contributed by atoms with Crippen LogP contribution in [0.3, 0.4) is 0 Å². The monoisotopic (exact) mass is 273 g/mol. The largest absolute Gasteiger partial charge is 0.367 e. The Bertz CT molecular complexity index is 782. The second kappa shape index (κ2) is 4.92. The number of benzene rings is 2. The summed E-state index contributed by atoms with van der Waals surface area (Å²) in [5.41, 5.74) is 10.1. The summed E-state index contributed by atoms with van der Waals surface area (Å²) in [6.07, 6.45) is 7.45. The third-order valence-corrected chi connectivity index (χ3v) is 4.75. The van der Waals surface area contributed by atoms with Gasteiger partial charge in [0.1, 0.15) is 0 Å². The topological polar surface area (TPSA) is 15.8 Å². The highest BCUT2D eigenvalue weighted by Crippen LogP contribution is 2.32. The predicted molar refractivity (Wildman–Crippen MR) is 87.6 cm³/mol. The molecule has 1 heterocycles. The fourth-order valence-electron chi connectivity index (χ4n) is 3.57. The van der Waals surface area contributed by atoms with E-state index in [0.29, 0.717) is 0 Å². The van der Waals surface area contributed by atoms with Crippen molar-refractivity contribution in [3.8, 4) is 11.1 Å². The van der Waals surface area contributed by atoms with Crippen LogP contribution in [0.5, 0.6) is 0 Å². The van der Waals surface area contributed by atoms with Crippen LogP contribution in [-0.4, -0.2) is 4.98 Å². The molecule has 2 aromatic carbocycles. The standard InChI is InChI=1S/C20H19N/c1-14-19-8-6-15-4-2-3-5-16(15)12-17(19)7-9-20(14)18-10-11-21-13-18/h2-5,7,9-11,13,21H,6,8,12H2,1H3. The average Bonchev–Trinajstić information content (AvgIpc) is 2.95. The molecule has 0 unspecified atom stereocenters. The quantitative estimate of drug-likeness (QED) is 0.662. The Hall–Kier alpha value is -2.28. The van der Waals surface area contributed by atoms with E-state index in [-0.39, 0.29) is 0 Å². The summed E-state index contributed by atoms with van der Waals surface area (Å²) in [6.45, 7) is 2.27. The molecule has 0 fully saturated rings. The third-order valence-electron chi connectivity index (χ3n) is 4.75.